The summed E-state index contributed by atoms with van der Waals surface area (Å²) >= 11 is 0. The summed E-state index contributed by atoms with van der Waals surface area (Å²) in [4.78, 5) is 0. The lowest BCUT2D eigenvalue weighted by molar-refractivity contribution is 0.415. The van der Waals surface area contributed by atoms with Crippen LogP contribution in [0.15, 0.2) is 18.2 Å². The quantitative estimate of drug-likeness (QED) is 0.568. The molecule has 4 nitrogen and oxygen atoms in total. The van der Waals surface area contributed by atoms with E-state index in [1.54, 1.807) is 32.2 Å². The summed E-state index contributed by atoms with van der Waals surface area (Å²) < 4.78 is 4.98. The first-order valence-corrected chi connectivity index (χ1v) is 4.07. The SMILES string of the molecule is CCN([O-])c1cc(OC)ccc1N. The lowest BCUT2D eigenvalue weighted by atomic mass is 10.2. The van der Waals surface area contributed by atoms with Gasteiger partial charge in [0.15, 0.2) is 0 Å². The molecule has 0 spiro atoms. The average Bonchev–Trinajstić information content (AvgIpc) is 2.17. The topological polar surface area (TPSA) is 61.5 Å². The van der Waals surface area contributed by atoms with E-state index in [4.69, 9.17) is 10.5 Å². The summed E-state index contributed by atoms with van der Waals surface area (Å²) in [7, 11) is 1.55. The van der Waals surface area contributed by atoms with Gasteiger partial charge in [-0.2, -0.15) is 0 Å². The number of hydrogen-bond acceptors (Lipinski definition) is 4. The fourth-order valence-electron chi connectivity index (χ4n) is 1.04. The highest BCUT2D eigenvalue weighted by Crippen LogP contribution is 2.27. The fourth-order valence-corrected chi connectivity index (χ4v) is 1.04. The van der Waals surface area contributed by atoms with Crippen LogP contribution < -0.4 is 15.5 Å². The summed E-state index contributed by atoms with van der Waals surface area (Å²) in [6.07, 6.45) is 0. The van der Waals surface area contributed by atoms with E-state index in [0.717, 1.165) is 5.06 Å². The molecule has 13 heavy (non-hydrogen) atoms. The number of methoxy groups -OCH3 is 1. The molecule has 0 aliphatic carbocycles. The van der Waals surface area contributed by atoms with Gasteiger partial charge in [-0.1, -0.05) is 0 Å². The molecule has 0 fully saturated rings. The molecule has 0 atom stereocenters. The minimum atomic E-state index is 0.372. The second-order valence-corrected chi connectivity index (χ2v) is 2.62. The zero-order chi connectivity index (χ0) is 9.84. The maximum Gasteiger partial charge on any atom is 0.121 e. The molecule has 1 aromatic rings. The van der Waals surface area contributed by atoms with E-state index in [-0.39, 0.29) is 0 Å². The highest BCUT2D eigenvalue weighted by Gasteiger charge is 2.01. The third-order valence-corrected chi connectivity index (χ3v) is 1.79. The summed E-state index contributed by atoms with van der Waals surface area (Å²) in [6.45, 7) is 2.14. The average molecular weight is 181 g/mol. The Morgan fingerprint density at radius 3 is 2.77 bits per heavy atom. The number of rotatable bonds is 3. The molecule has 0 heterocycles. The fraction of sp³-hybridized carbons (Fsp3) is 0.333. The summed E-state index contributed by atoms with van der Waals surface area (Å²) in [5, 5.41) is 12.1. The Bertz CT molecular complexity index is 289. The van der Waals surface area contributed by atoms with Crippen LogP contribution in [0.25, 0.3) is 0 Å². The van der Waals surface area contributed by atoms with Gasteiger partial charge in [-0.3, -0.25) is 0 Å². The Labute approximate surface area is 77.5 Å². The summed E-state index contributed by atoms with van der Waals surface area (Å²) in [5.41, 5.74) is 6.55. The molecule has 0 bridgehead atoms. The van der Waals surface area contributed by atoms with Gasteiger partial charge in [-0.15, -0.1) is 0 Å². The number of hydroxylamine groups is 1. The first-order valence-electron chi connectivity index (χ1n) is 4.07. The maximum absolute atomic E-state index is 11.3. The number of nitrogen functional groups attached to an aromatic ring is 1. The molecule has 0 amide bonds. The van der Waals surface area contributed by atoms with E-state index < -0.39 is 0 Å². The van der Waals surface area contributed by atoms with E-state index in [2.05, 4.69) is 0 Å². The molecule has 0 saturated carbocycles. The zero-order valence-electron chi connectivity index (χ0n) is 7.78. The number of nitrogens with zero attached hydrogens (tertiary/aromatic N) is 1. The van der Waals surface area contributed by atoms with E-state index in [1.165, 1.54) is 0 Å². The molecule has 1 rings (SSSR count). The molecule has 72 valence electrons. The van der Waals surface area contributed by atoms with Crippen molar-refractivity contribution < 1.29 is 4.74 Å². The third kappa shape index (κ3) is 2.03. The Kier molecular flexibility index (Phi) is 2.97. The zero-order valence-corrected chi connectivity index (χ0v) is 7.78. The summed E-state index contributed by atoms with van der Waals surface area (Å²) in [5.74, 6) is 0.638. The van der Waals surface area contributed by atoms with Crippen molar-refractivity contribution in [2.24, 2.45) is 0 Å². The van der Waals surface area contributed by atoms with Gasteiger partial charge in [0.05, 0.1) is 18.5 Å². The van der Waals surface area contributed by atoms with E-state index >= 15 is 0 Å². The number of ether oxygens (including phenoxy) is 1. The van der Waals surface area contributed by atoms with Crippen molar-refractivity contribution in [1.82, 2.24) is 0 Å². The largest absolute Gasteiger partial charge is 0.758 e. The van der Waals surface area contributed by atoms with Crippen LogP contribution in [0.4, 0.5) is 11.4 Å². The number of nitrogens with two attached hydrogens (primary N) is 1. The Morgan fingerprint density at radius 2 is 2.23 bits per heavy atom. The molecule has 0 aliphatic heterocycles. The number of anilines is 2. The normalized spacial score (nSPS) is 9.77. The molecule has 0 aromatic heterocycles. The molecule has 0 aliphatic rings. The molecule has 1 aromatic carbocycles. The summed E-state index contributed by atoms with van der Waals surface area (Å²) in [6, 6.07) is 5.02. The molecule has 0 radical (unpaired) electrons. The van der Waals surface area contributed by atoms with Gasteiger partial charge >= 0.3 is 0 Å². The predicted molar refractivity (Wildman–Crippen MR) is 53.8 cm³/mol. The number of hydrogen-bond donors (Lipinski definition) is 1. The molecular formula is C9H13N2O2-. The van der Waals surface area contributed by atoms with E-state index in [9.17, 15) is 5.21 Å². The van der Waals surface area contributed by atoms with Crippen LogP contribution in [0.5, 0.6) is 5.75 Å². The lowest BCUT2D eigenvalue weighted by Gasteiger charge is -2.30. The second kappa shape index (κ2) is 4.00. The first kappa shape index (κ1) is 9.67. The van der Waals surface area contributed by atoms with Crippen LogP contribution in [0.1, 0.15) is 6.92 Å². The van der Waals surface area contributed by atoms with Gasteiger partial charge in [0.2, 0.25) is 0 Å². The van der Waals surface area contributed by atoms with Crippen molar-refractivity contribution in [3.63, 3.8) is 0 Å². The monoisotopic (exact) mass is 181 g/mol. The Hall–Kier alpha value is -1.42. The van der Waals surface area contributed by atoms with Gasteiger partial charge in [-0.25, -0.2) is 0 Å². The molecule has 0 unspecified atom stereocenters. The number of benzene rings is 1. The van der Waals surface area contributed by atoms with Gasteiger partial charge in [0.25, 0.3) is 0 Å². The highest BCUT2D eigenvalue weighted by molar-refractivity contribution is 5.69. The third-order valence-electron chi connectivity index (χ3n) is 1.79. The van der Waals surface area contributed by atoms with Gasteiger partial charge in [0.1, 0.15) is 5.75 Å². The first-order chi connectivity index (χ1) is 6.19. The van der Waals surface area contributed by atoms with Crippen LogP contribution in [-0.4, -0.2) is 13.7 Å². The van der Waals surface area contributed by atoms with Gasteiger partial charge < -0.3 is 20.7 Å². The van der Waals surface area contributed by atoms with Crippen molar-refractivity contribution in [3.05, 3.63) is 23.4 Å². The molecular weight excluding hydrogens is 168 g/mol. The van der Waals surface area contributed by atoms with Gasteiger partial charge in [0, 0.05) is 12.6 Å². The van der Waals surface area contributed by atoms with Crippen LogP contribution in [0.2, 0.25) is 0 Å². The minimum Gasteiger partial charge on any atom is -0.758 e. The van der Waals surface area contributed by atoms with E-state index in [0.29, 0.717) is 23.7 Å². The maximum atomic E-state index is 11.3. The van der Waals surface area contributed by atoms with E-state index in [1.807, 2.05) is 0 Å². The van der Waals surface area contributed by atoms with Crippen molar-refractivity contribution >= 4 is 11.4 Å². The van der Waals surface area contributed by atoms with Crippen molar-refractivity contribution in [2.75, 3.05) is 24.5 Å². The predicted octanol–water partition coefficient (Wildman–Crippen LogP) is 1.60. The van der Waals surface area contributed by atoms with Crippen molar-refractivity contribution in [1.29, 1.82) is 0 Å². The van der Waals surface area contributed by atoms with Crippen LogP contribution >= 0.6 is 0 Å². The van der Waals surface area contributed by atoms with Crippen molar-refractivity contribution in [3.8, 4) is 5.75 Å². The standard InChI is InChI=1S/C9H13N2O2/c1-3-11(12)9-6-7(13-2)4-5-8(9)10/h4-6H,3,10H2,1-2H3/q-1. The molecule has 0 saturated heterocycles. The molecule has 2 N–H and O–H groups in total. The smallest absolute Gasteiger partial charge is 0.121 e. The Morgan fingerprint density at radius 1 is 1.54 bits per heavy atom. The second-order valence-electron chi connectivity index (χ2n) is 2.62. The molecule has 4 heteroatoms. The van der Waals surface area contributed by atoms with Gasteiger partial charge in [-0.05, 0) is 19.1 Å². The lowest BCUT2D eigenvalue weighted by Crippen LogP contribution is -2.14. The minimum absolute atomic E-state index is 0.372. The van der Waals surface area contributed by atoms with Crippen LogP contribution in [0.3, 0.4) is 0 Å². The van der Waals surface area contributed by atoms with Crippen LogP contribution in [0, 0.1) is 5.21 Å². The Balaban J connectivity index is 3.03. The van der Waals surface area contributed by atoms with Crippen LogP contribution in [-0.2, 0) is 0 Å². The van der Waals surface area contributed by atoms with Crippen molar-refractivity contribution in [2.45, 2.75) is 6.92 Å². The highest BCUT2D eigenvalue weighted by atomic mass is 16.5.